The van der Waals surface area contributed by atoms with Gasteiger partial charge < -0.3 is 0 Å². The summed E-state index contributed by atoms with van der Waals surface area (Å²) in [6.45, 7) is 12.2. The number of alkyl halides is 6. The first-order valence-corrected chi connectivity index (χ1v) is 19.7. The van der Waals surface area contributed by atoms with Crippen LogP contribution in [0.5, 0.6) is 0 Å². The molecule has 0 saturated carbocycles. The van der Waals surface area contributed by atoms with Crippen LogP contribution in [0, 0.1) is 0 Å². The molecule has 6 aromatic rings. The summed E-state index contributed by atoms with van der Waals surface area (Å²) in [6, 6.07) is 24.4. The minimum Gasteiger partial charge on any atom is -0.194 e. The zero-order valence-corrected chi connectivity index (χ0v) is 31.9. The maximum Gasteiger partial charge on any atom is 0.380 e. The Hall–Kier alpha value is -3.44. The van der Waals surface area contributed by atoms with Crippen LogP contribution in [0.25, 0.3) is 51.5 Å². The third kappa shape index (κ3) is 5.96. The van der Waals surface area contributed by atoms with Gasteiger partial charge in [-0.3, -0.25) is 0 Å². The van der Waals surface area contributed by atoms with Crippen molar-refractivity contribution in [2.24, 2.45) is 0 Å². The van der Waals surface area contributed by atoms with Crippen LogP contribution >= 0.6 is 45.3 Å². The Bertz CT molecular complexity index is 2060. The lowest BCUT2D eigenvalue weighted by Gasteiger charge is -2.26. The molecule has 0 saturated heterocycles. The normalized spacial score (nSPS) is 17.0. The van der Waals surface area contributed by atoms with Crippen LogP contribution in [0.1, 0.15) is 63.8 Å². The van der Waals surface area contributed by atoms with Gasteiger partial charge in [0.1, 0.15) is 0 Å². The highest BCUT2D eigenvalue weighted by Gasteiger charge is 2.80. The maximum absolute atomic E-state index is 16.5. The first-order chi connectivity index (χ1) is 23.8. The first-order valence-electron chi connectivity index (χ1n) is 16.3. The standard InChI is InChI=1S/C41H34F6S4/c1-37(2,3)25-15-11-23(12-16-25)35-27(21-31(50-35)29-9-7-19-48-29)33-34(40(44,45)41(46,47)39(33,42)43)28-22-32(30-10-8-20-49-30)51-36(28)24-13-17-26(18-14-24)38(4,5)6/h7-22H,1-6H3. The molecule has 0 atom stereocenters. The van der Waals surface area contributed by atoms with Crippen molar-refractivity contribution < 1.29 is 26.3 Å². The minimum absolute atomic E-state index is 0.210. The predicted octanol–water partition coefficient (Wildman–Crippen LogP) is 15.0. The van der Waals surface area contributed by atoms with E-state index in [4.69, 9.17) is 0 Å². The Balaban J connectivity index is 1.55. The molecule has 0 bridgehead atoms. The molecule has 7 rings (SSSR count). The molecule has 0 fully saturated rings. The molecule has 10 heteroatoms. The van der Waals surface area contributed by atoms with E-state index in [9.17, 15) is 0 Å². The van der Waals surface area contributed by atoms with E-state index in [2.05, 4.69) is 0 Å². The van der Waals surface area contributed by atoms with Gasteiger partial charge in [0, 0.05) is 51.5 Å². The fraction of sp³-hybridized carbons (Fsp3) is 0.268. The molecule has 0 aliphatic heterocycles. The van der Waals surface area contributed by atoms with E-state index in [1.54, 1.807) is 48.5 Å². The Morgan fingerprint density at radius 1 is 0.471 bits per heavy atom. The lowest BCUT2D eigenvalue weighted by molar-refractivity contribution is -0.254. The van der Waals surface area contributed by atoms with E-state index in [1.165, 1.54) is 34.8 Å². The molecule has 4 heterocycles. The summed E-state index contributed by atoms with van der Waals surface area (Å²) in [5, 5.41) is 3.64. The summed E-state index contributed by atoms with van der Waals surface area (Å²) in [5.41, 5.74) is -0.811. The Kier molecular flexibility index (Phi) is 8.68. The van der Waals surface area contributed by atoms with Crippen LogP contribution < -0.4 is 0 Å². The molecule has 264 valence electrons. The van der Waals surface area contributed by atoms with Gasteiger partial charge in [0.25, 0.3) is 0 Å². The topological polar surface area (TPSA) is 0 Å². The smallest absolute Gasteiger partial charge is 0.194 e. The number of allylic oxidation sites excluding steroid dienone is 2. The number of thiophene rings is 4. The fourth-order valence-electron chi connectivity index (χ4n) is 6.34. The van der Waals surface area contributed by atoms with Crippen molar-refractivity contribution in [2.45, 2.75) is 70.1 Å². The van der Waals surface area contributed by atoms with E-state index < -0.39 is 28.9 Å². The maximum atomic E-state index is 16.5. The summed E-state index contributed by atoms with van der Waals surface area (Å²) < 4.78 is 97.7. The molecule has 4 aromatic heterocycles. The molecule has 0 unspecified atom stereocenters. The number of halogens is 6. The second-order valence-corrected chi connectivity index (χ2v) is 18.8. The highest BCUT2D eigenvalue weighted by atomic mass is 32.1. The molecule has 0 spiro atoms. The van der Waals surface area contributed by atoms with Crippen molar-refractivity contribution >= 4 is 56.5 Å². The summed E-state index contributed by atoms with van der Waals surface area (Å²) in [5.74, 6) is -16.1. The third-order valence-corrected chi connectivity index (χ3v) is 13.7. The van der Waals surface area contributed by atoms with Crippen molar-refractivity contribution in [3.05, 3.63) is 118 Å². The van der Waals surface area contributed by atoms with Crippen molar-refractivity contribution in [1.29, 1.82) is 0 Å². The van der Waals surface area contributed by atoms with Crippen molar-refractivity contribution in [3.63, 3.8) is 0 Å². The first kappa shape index (κ1) is 35.9. The fourth-order valence-corrected chi connectivity index (χ4v) is 10.3. The van der Waals surface area contributed by atoms with Gasteiger partial charge in [-0.25, -0.2) is 0 Å². The summed E-state index contributed by atoms with van der Waals surface area (Å²) in [4.78, 5) is 2.94. The second-order valence-electron chi connectivity index (χ2n) is 14.8. The largest absolute Gasteiger partial charge is 0.380 e. The van der Waals surface area contributed by atoms with Crippen LogP contribution in [0.15, 0.2) is 95.7 Å². The highest BCUT2D eigenvalue weighted by molar-refractivity contribution is 7.24. The quantitative estimate of drug-likeness (QED) is 0.148. The lowest BCUT2D eigenvalue weighted by Crippen LogP contribution is -2.48. The molecule has 1 aliphatic carbocycles. The average Bonchev–Trinajstić information content (AvgIpc) is 3.89. The molecule has 0 radical (unpaired) electrons. The zero-order chi connectivity index (χ0) is 36.7. The van der Waals surface area contributed by atoms with Gasteiger partial charge in [-0.2, -0.15) is 26.3 Å². The van der Waals surface area contributed by atoms with Gasteiger partial charge in [-0.1, -0.05) is 102 Å². The van der Waals surface area contributed by atoms with Crippen LogP contribution in [0.2, 0.25) is 0 Å². The van der Waals surface area contributed by atoms with Crippen LogP contribution in [0.3, 0.4) is 0 Å². The van der Waals surface area contributed by atoms with E-state index in [1.807, 2.05) is 76.6 Å². The summed E-state index contributed by atoms with van der Waals surface area (Å²) in [6.07, 6.45) is 0. The van der Waals surface area contributed by atoms with Gasteiger partial charge in [0.15, 0.2) is 0 Å². The number of hydrogen-bond acceptors (Lipinski definition) is 4. The molecular weight excluding hydrogens is 735 g/mol. The lowest BCUT2D eigenvalue weighted by atomic mass is 9.86. The predicted molar refractivity (Wildman–Crippen MR) is 205 cm³/mol. The molecular formula is C41H34F6S4. The zero-order valence-electron chi connectivity index (χ0n) is 28.6. The minimum atomic E-state index is -5.69. The van der Waals surface area contributed by atoms with Crippen LogP contribution in [-0.4, -0.2) is 17.8 Å². The number of rotatable bonds is 6. The van der Waals surface area contributed by atoms with Gasteiger partial charge in [0.2, 0.25) is 0 Å². The monoisotopic (exact) mass is 768 g/mol. The third-order valence-electron chi connectivity index (χ3n) is 9.22. The Morgan fingerprint density at radius 3 is 1.12 bits per heavy atom. The second kappa shape index (κ2) is 12.3. The molecule has 1 aliphatic rings. The van der Waals surface area contributed by atoms with Gasteiger partial charge in [-0.05, 0) is 68.1 Å². The number of hydrogen-bond donors (Lipinski definition) is 0. The molecule has 51 heavy (non-hydrogen) atoms. The average molecular weight is 769 g/mol. The van der Waals surface area contributed by atoms with E-state index in [0.717, 1.165) is 43.6 Å². The van der Waals surface area contributed by atoms with E-state index in [0.29, 0.717) is 20.9 Å². The van der Waals surface area contributed by atoms with Gasteiger partial charge in [-0.15, -0.1) is 45.3 Å². The molecule has 0 amide bonds. The Labute approximate surface area is 309 Å². The molecule has 0 N–H and O–H groups in total. The van der Waals surface area contributed by atoms with Gasteiger partial charge >= 0.3 is 17.8 Å². The van der Waals surface area contributed by atoms with Crippen LogP contribution in [0.4, 0.5) is 26.3 Å². The summed E-state index contributed by atoms with van der Waals surface area (Å²) in [7, 11) is 0. The molecule has 2 aromatic carbocycles. The SMILES string of the molecule is CC(C)(C)c1ccc(-c2sc(-c3cccs3)cc2C2=C(c3cc(-c4cccs4)sc3-c3ccc(C(C)(C)C)cc3)C(F)(F)C(F)(F)C2(F)F)cc1. The van der Waals surface area contributed by atoms with Crippen molar-refractivity contribution in [1.82, 2.24) is 0 Å². The number of benzene rings is 2. The Morgan fingerprint density at radius 2 is 0.824 bits per heavy atom. The molecule has 0 nitrogen and oxygen atoms in total. The van der Waals surface area contributed by atoms with E-state index >= 15 is 26.3 Å². The van der Waals surface area contributed by atoms with Crippen molar-refractivity contribution in [2.75, 3.05) is 0 Å². The van der Waals surface area contributed by atoms with Gasteiger partial charge in [0.05, 0.1) is 0 Å². The summed E-state index contributed by atoms with van der Waals surface area (Å²) >= 11 is 4.98. The van der Waals surface area contributed by atoms with Crippen molar-refractivity contribution in [3.8, 4) is 40.4 Å². The van der Waals surface area contributed by atoms with Crippen LogP contribution in [-0.2, 0) is 10.8 Å². The van der Waals surface area contributed by atoms with E-state index in [-0.39, 0.29) is 31.7 Å². The highest BCUT2D eigenvalue weighted by Crippen LogP contribution is 2.67.